The van der Waals surface area contributed by atoms with Gasteiger partial charge in [0, 0.05) is 11.8 Å². The Morgan fingerprint density at radius 1 is 1.14 bits per heavy atom. The Morgan fingerprint density at radius 2 is 1.83 bits per heavy atom. The van der Waals surface area contributed by atoms with Gasteiger partial charge in [-0.1, -0.05) is 42.3 Å². The number of nitrogens with zero attached hydrogens (tertiary/aromatic N) is 2. The summed E-state index contributed by atoms with van der Waals surface area (Å²) in [7, 11) is 0. The van der Waals surface area contributed by atoms with Gasteiger partial charge in [0.1, 0.15) is 12.2 Å². The molecule has 1 saturated carbocycles. The molecule has 4 heteroatoms. The molecule has 1 aromatic carbocycles. The molecule has 29 heavy (non-hydrogen) atoms. The van der Waals surface area contributed by atoms with Gasteiger partial charge in [0.25, 0.3) is 0 Å². The summed E-state index contributed by atoms with van der Waals surface area (Å²) in [5, 5.41) is 4.72. The molecule has 1 saturated heterocycles. The second kappa shape index (κ2) is 6.54. The lowest BCUT2D eigenvalue weighted by atomic mass is 9.62. The molecular formula is C25H28N2O2. The average Bonchev–Trinajstić information content (AvgIpc) is 3.29. The molecule has 150 valence electrons. The third kappa shape index (κ3) is 2.62. The maximum atomic E-state index is 6.56. The minimum Gasteiger partial charge on any atom is -0.339 e. The van der Waals surface area contributed by atoms with Crippen LogP contribution in [0.3, 0.4) is 0 Å². The van der Waals surface area contributed by atoms with Crippen LogP contribution in [-0.4, -0.2) is 27.8 Å². The number of benzene rings is 1. The Balaban J connectivity index is 1.57. The van der Waals surface area contributed by atoms with Gasteiger partial charge < -0.3 is 9.47 Å². The van der Waals surface area contributed by atoms with E-state index in [0.717, 1.165) is 31.4 Å². The van der Waals surface area contributed by atoms with Crippen molar-refractivity contribution >= 4 is 6.08 Å². The zero-order valence-corrected chi connectivity index (χ0v) is 17.2. The van der Waals surface area contributed by atoms with Crippen molar-refractivity contribution in [2.75, 3.05) is 0 Å². The summed E-state index contributed by atoms with van der Waals surface area (Å²) in [5.41, 5.74) is 5.92. The second-order valence-corrected chi connectivity index (χ2v) is 8.72. The molecule has 3 aliphatic rings. The van der Waals surface area contributed by atoms with Gasteiger partial charge in [-0.2, -0.15) is 5.10 Å². The second-order valence-electron chi connectivity index (χ2n) is 8.72. The Morgan fingerprint density at radius 3 is 2.48 bits per heavy atom. The average molecular weight is 389 g/mol. The number of ether oxygens (including phenoxy) is 2. The van der Waals surface area contributed by atoms with Crippen LogP contribution in [-0.2, 0) is 15.9 Å². The third-order valence-electron chi connectivity index (χ3n) is 6.96. The molecule has 2 fully saturated rings. The number of hydrogen-bond donors (Lipinski definition) is 0. The number of rotatable bonds is 3. The maximum Gasteiger partial charge on any atom is 0.179 e. The molecule has 1 aliphatic heterocycles. The summed E-state index contributed by atoms with van der Waals surface area (Å²) in [5.74, 6) is -0.640. The van der Waals surface area contributed by atoms with Gasteiger partial charge in [0.2, 0.25) is 0 Å². The normalized spacial score (nSPS) is 29.8. The van der Waals surface area contributed by atoms with Crippen LogP contribution in [0.25, 0.3) is 11.8 Å². The quantitative estimate of drug-likeness (QED) is 0.681. The predicted molar refractivity (Wildman–Crippen MR) is 115 cm³/mol. The first-order valence-corrected chi connectivity index (χ1v) is 10.5. The molecule has 4 nitrogen and oxygen atoms in total. The maximum absolute atomic E-state index is 6.56. The van der Waals surface area contributed by atoms with Crippen molar-refractivity contribution in [3.05, 3.63) is 78.2 Å². The summed E-state index contributed by atoms with van der Waals surface area (Å²) in [6, 6.07) is 8.52. The van der Waals surface area contributed by atoms with Gasteiger partial charge in [-0.25, -0.2) is 4.68 Å². The largest absolute Gasteiger partial charge is 0.339 e. The lowest BCUT2D eigenvalue weighted by Crippen LogP contribution is -2.53. The minimum atomic E-state index is -0.640. The van der Waals surface area contributed by atoms with Crippen molar-refractivity contribution < 1.29 is 9.47 Å². The van der Waals surface area contributed by atoms with Gasteiger partial charge >= 0.3 is 0 Å². The van der Waals surface area contributed by atoms with Crippen molar-refractivity contribution in [3.63, 3.8) is 0 Å². The van der Waals surface area contributed by atoms with Crippen LogP contribution in [0.15, 0.2) is 61.3 Å². The van der Waals surface area contributed by atoms with Crippen molar-refractivity contribution in [1.29, 1.82) is 0 Å². The van der Waals surface area contributed by atoms with E-state index in [9.17, 15) is 0 Å². The Bertz CT molecular complexity index is 984. The summed E-state index contributed by atoms with van der Waals surface area (Å²) in [6.07, 6.45) is 11.5. The molecule has 1 aromatic heterocycles. The highest BCUT2D eigenvalue weighted by atomic mass is 16.8. The van der Waals surface area contributed by atoms with E-state index in [1.165, 1.54) is 22.4 Å². The van der Waals surface area contributed by atoms with E-state index in [1.807, 2.05) is 18.3 Å². The van der Waals surface area contributed by atoms with E-state index in [2.05, 4.69) is 62.0 Å². The third-order valence-corrected chi connectivity index (χ3v) is 6.96. The number of hydrogen-bond acceptors (Lipinski definition) is 3. The lowest BCUT2D eigenvalue weighted by Gasteiger charge is -2.51. The fourth-order valence-electron chi connectivity index (χ4n) is 5.25. The SMILES string of the molecule is C=C[C@H]1OC2(CCCC3=Cc4c(cnn4-c4ccc(C)cc4)C[C@@]32C)O[C@@H]1C=C. The fraction of sp³-hybridized carbons (Fsp3) is 0.400. The molecule has 0 amide bonds. The first kappa shape index (κ1) is 18.6. The summed E-state index contributed by atoms with van der Waals surface area (Å²) in [6.45, 7) is 12.3. The van der Waals surface area contributed by atoms with Gasteiger partial charge in [-0.05, 0) is 50.0 Å². The van der Waals surface area contributed by atoms with Gasteiger partial charge in [-0.3, -0.25) is 0 Å². The monoisotopic (exact) mass is 388 g/mol. The van der Waals surface area contributed by atoms with E-state index in [0.29, 0.717) is 0 Å². The first-order valence-electron chi connectivity index (χ1n) is 10.5. The molecule has 2 aliphatic carbocycles. The van der Waals surface area contributed by atoms with Crippen LogP contribution in [0, 0.1) is 12.3 Å². The molecule has 0 unspecified atom stereocenters. The topological polar surface area (TPSA) is 36.3 Å². The Kier molecular flexibility index (Phi) is 4.19. The smallest absolute Gasteiger partial charge is 0.179 e. The first-order chi connectivity index (χ1) is 14.0. The fourth-order valence-corrected chi connectivity index (χ4v) is 5.25. The molecule has 0 N–H and O–H groups in total. The molecule has 5 rings (SSSR count). The van der Waals surface area contributed by atoms with Crippen molar-refractivity contribution in [3.8, 4) is 5.69 Å². The minimum absolute atomic E-state index is 0.152. The van der Waals surface area contributed by atoms with Crippen molar-refractivity contribution in [2.24, 2.45) is 5.41 Å². The number of aromatic nitrogens is 2. The van der Waals surface area contributed by atoms with E-state index < -0.39 is 5.79 Å². The highest BCUT2D eigenvalue weighted by molar-refractivity contribution is 5.62. The van der Waals surface area contributed by atoms with E-state index in [4.69, 9.17) is 14.6 Å². The van der Waals surface area contributed by atoms with Crippen molar-refractivity contribution in [2.45, 2.75) is 57.5 Å². The summed E-state index contributed by atoms with van der Waals surface area (Å²) >= 11 is 0. The van der Waals surface area contributed by atoms with Crippen LogP contribution in [0.2, 0.25) is 0 Å². The highest BCUT2D eigenvalue weighted by Crippen LogP contribution is 2.58. The lowest BCUT2D eigenvalue weighted by molar-refractivity contribution is -0.243. The molecule has 1 spiro atoms. The molecule has 0 bridgehead atoms. The number of aryl methyl sites for hydroxylation is 1. The van der Waals surface area contributed by atoms with E-state index in [1.54, 1.807) is 0 Å². The summed E-state index contributed by atoms with van der Waals surface area (Å²) in [4.78, 5) is 0. The zero-order chi connectivity index (χ0) is 20.2. The molecular weight excluding hydrogens is 360 g/mol. The molecule has 3 atom stereocenters. The van der Waals surface area contributed by atoms with Crippen LogP contribution < -0.4 is 0 Å². The molecule has 2 aromatic rings. The standard InChI is InChI=1S/C25H28N2O2/c1-5-22-23(6-2)29-25(28-22)13-7-8-19-14-21-18(15-24(19,25)4)16-26-27(21)20-11-9-17(3)10-12-20/h5-6,9-12,14,16,22-23H,1-2,7-8,13,15H2,3-4H3/t22-,23-,24+/m1/s1. The Hall–Kier alpha value is -2.43. The van der Waals surface area contributed by atoms with Crippen LogP contribution in [0.4, 0.5) is 0 Å². The van der Waals surface area contributed by atoms with E-state index in [-0.39, 0.29) is 17.6 Å². The van der Waals surface area contributed by atoms with Crippen molar-refractivity contribution in [1.82, 2.24) is 9.78 Å². The highest BCUT2D eigenvalue weighted by Gasteiger charge is 2.61. The van der Waals surface area contributed by atoms with Gasteiger partial charge in [-0.15, -0.1) is 13.2 Å². The predicted octanol–water partition coefficient (Wildman–Crippen LogP) is 5.16. The van der Waals surface area contributed by atoms with Gasteiger partial charge in [0.15, 0.2) is 5.79 Å². The summed E-state index contributed by atoms with van der Waals surface area (Å²) < 4.78 is 15.2. The van der Waals surface area contributed by atoms with Crippen LogP contribution >= 0.6 is 0 Å². The van der Waals surface area contributed by atoms with Gasteiger partial charge in [0.05, 0.1) is 17.6 Å². The van der Waals surface area contributed by atoms with Crippen LogP contribution in [0.1, 0.15) is 43.0 Å². The number of fused-ring (bicyclic) bond motifs is 3. The molecule has 0 radical (unpaired) electrons. The Labute approximate surface area is 172 Å². The zero-order valence-electron chi connectivity index (χ0n) is 17.2. The van der Waals surface area contributed by atoms with Crippen LogP contribution in [0.5, 0.6) is 0 Å². The molecule has 2 heterocycles. The van der Waals surface area contributed by atoms with E-state index >= 15 is 0 Å².